The van der Waals surface area contributed by atoms with Crippen molar-refractivity contribution in [1.29, 1.82) is 0 Å². The molecule has 1 heterocycles. The van der Waals surface area contributed by atoms with Crippen LogP contribution in [0.4, 0.5) is 5.69 Å². The Kier molecular flexibility index (Phi) is 5.08. The zero-order valence-corrected chi connectivity index (χ0v) is 14.0. The number of hydrogen-bond acceptors (Lipinski definition) is 5. The topological polar surface area (TPSA) is 108 Å². The Balaban J connectivity index is 2.37. The number of anilines is 1. The number of methoxy groups -OCH3 is 2. The number of rotatable bonds is 6. The number of amides is 2. The Morgan fingerprint density at radius 2 is 1.92 bits per heavy atom. The first-order chi connectivity index (χ1) is 11.4. The molecule has 2 aromatic rings. The predicted molar refractivity (Wildman–Crippen MR) is 88.7 cm³/mol. The first kappa shape index (κ1) is 17.3. The molecule has 0 aliphatic carbocycles. The van der Waals surface area contributed by atoms with E-state index in [4.69, 9.17) is 15.2 Å². The first-order valence-electron chi connectivity index (χ1n) is 7.33. The number of primary amides is 1. The lowest BCUT2D eigenvalue weighted by atomic mass is 10.1. The third-order valence-electron chi connectivity index (χ3n) is 3.54. The minimum Gasteiger partial charge on any atom is -0.493 e. The molecule has 1 aromatic heterocycles. The number of aryl methyl sites for hydroxylation is 2. The molecule has 8 nitrogen and oxygen atoms in total. The summed E-state index contributed by atoms with van der Waals surface area (Å²) in [4.78, 5) is 24.2. The van der Waals surface area contributed by atoms with Crippen LogP contribution < -0.4 is 20.5 Å². The molecule has 8 heteroatoms. The Morgan fingerprint density at radius 1 is 1.25 bits per heavy atom. The van der Waals surface area contributed by atoms with Gasteiger partial charge in [-0.2, -0.15) is 5.10 Å². The fourth-order valence-corrected chi connectivity index (χ4v) is 2.37. The Bertz CT molecular complexity index is 783. The van der Waals surface area contributed by atoms with E-state index < -0.39 is 11.8 Å². The fourth-order valence-electron chi connectivity index (χ4n) is 2.37. The summed E-state index contributed by atoms with van der Waals surface area (Å²) in [5.41, 5.74) is 6.76. The van der Waals surface area contributed by atoms with Gasteiger partial charge in [0.1, 0.15) is 5.69 Å². The van der Waals surface area contributed by atoms with E-state index in [2.05, 4.69) is 10.4 Å². The molecule has 0 radical (unpaired) electrons. The second kappa shape index (κ2) is 7.03. The van der Waals surface area contributed by atoms with Gasteiger partial charge in [-0.15, -0.1) is 0 Å². The lowest BCUT2D eigenvalue weighted by molar-refractivity contribution is 0.0991. The van der Waals surface area contributed by atoms with E-state index in [0.29, 0.717) is 35.0 Å². The number of ether oxygens (including phenoxy) is 2. The summed E-state index contributed by atoms with van der Waals surface area (Å²) in [6, 6.07) is 4.78. The number of carbonyl (C=O) groups excluding carboxylic acids is 2. The molecule has 2 rings (SSSR count). The molecular weight excluding hydrogens is 312 g/mol. The highest BCUT2D eigenvalue weighted by Gasteiger charge is 2.21. The number of nitrogens with one attached hydrogen (secondary N) is 1. The smallest absolute Gasteiger partial charge is 0.269 e. The Morgan fingerprint density at radius 3 is 2.46 bits per heavy atom. The summed E-state index contributed by atoms with van der Waals surface area (Å²) in [7, 11) is 3.00. The van der Waals surface area contributed by atoms with Crippen LogP contribution in [0, 0.1) is 6.92 Å². The van der Waals surface area contributed by atoms with Crippen LogP contribution in [0.25, 0.3) is 0 Å². The van der Waals surface area contributed by atoms with Crippen molar-refractivity contribution >= 4 is 17.5 Å². The summed E-state index contributed by atoms with van der Waals surface area (Å²) < 4.78 is 11.8. The van der Waals surface area contributed by atoms with Crippen LogP contribution in [0.2, 0.25) is 0 Å². The maximum atomic E-state index is 12.5. The molecule has 24 heavy (non-hydrogen) atoms. The van der Waals surface area contributed by atoms with Crippen LogP contribution in [0.1, 0.15) is 33.5 Å². The van der Waals surface area contributed by atoms with Crippen molar-refractivity contribution in [2.24, 2.45) is 5.73 Å². The van der Waals surface area contributed by atoms with Crippen molar-refractivity contribution in [2.45, 2.75) is 20.4 Å². The van der Waals surface area contributed by atoms with Crippen molar-refractivity contribution in [3.63, 3.8) is 0 Å². The van der Waals surface area contributed by atoms with Crippen molar-refractivity contribution in [2.75, 3.05) is 19.5 Å². The number of aromatic nitrogens is 2. The monoisotopic (exact) mass is 332 g/mol. The molecule has 2 amide bonds. The number of hydrogen-bond donors (Lipinski definition) is 2. The highest BCUT2D eigenvalue weighted by atomic mass is 16.5. The van der Waals surface area contributed by atoms with Gasteiger partial charge in [0.25, 0.3) is 11.8 Å². The summed E-state index contributed by atoms with van der Waals surface area (Å²) in [5, 5.41) is 6.92. The van der Waals surface area contributed by atoms with Crippen LogP contribution in [0.15, 0.2) is 18.2 Å². The van der Waals surface area contributed by atoms with Crippen LogP contribution in [-0.4, -0.2) is 35.8 Å². The van der Waals surface area contributed by atoms with E-state index in [1.54, 1.807) is 25.1 Å². The minimum atomic E-state index is -0.653. The Hall–Kier alpha value is -3.03. The molecule has 0 aliphatic heterocycles. The quantitative estimate of drug-likeness (QED) is 0.835. The van der Waals surface area contributed by atoms with Gasteiger partial charge in [0.15, 0.2) is 11.5 Å². The third kappa shape index (κ3) is 3.17. The van der Waals surface area contributed by atoms with Gasteiger partial charge in [0.05, 0.1) is 25.6 Å². The molecular formula is C16H20N4O4. The highest BCUT2D eigenvalue weighted by Crippen LogP contribution is 2.28. The molecule has 0 atom stereocenters. The lowest BCUT2D eigenvalue weighted by Crippen LogP contribution is -2.21. The van der Waals surface area contributed by atoms with Crippen molar-refractivity contribution in [3.05, 3.63) is 35.2 Å². The molecule has 0 saturated carbocycles. The van der Waals surface area contributed by atoms with E-state index in [1.807, 2.05) is 6.92 Å². The summed E-state index contributed by atoms with van der Waals surface area (Å²) in [5.74, 6) is -0.111. The maximum Gasteiger partial charge on any atom is 0.269 e. The molecule has 128 valence electrons. The third-order valence-corrected chi connectivity index (χ3v) is 3.54. The fraction of sp³-hybridized carbons (Fsp3) is 0.312. The van der Waals surface area contributed by atoms with Gasteiger partial charge in [-0.3, -0.25) is 14.3 Å². The summed E-state index contributed by atoms with van der Waals surface area (Å²) in [6.45, 7) is 3.99. The average Bonchev–Trinajstić information content (AvgIpc) is 2.90. The lowest BCUT2D eigenvalue weighted by Gasteiger charge is -2.10. The molecule has 0 unspecified atom stereocenters. The van der Waals surface area contributed by atoms with Crippen molar-refractivity contribution < 1.29 is 19.1 Å². The Labute approximate surface area is 139 Å². The van der Waals surface area contributed by atoms with E-state index in [-0.39, 0.29) is 5.69 Å². The van der Waals surface area contributed by atoms with Crippen LogP contribution in [0.3, 0.4) is 0 Å². The van der Waals surface area contributed by atoms with Gasteiger partial charge in [0.2, 0.25) is 0 Å². The predicted octanol–water partition coefficient (Wildman–Crippen LogP) is 1.58. The van der Waals surface area contributed by atoms with Gasteiger partial charge in [-0.05, 0) is 32.0 Å². The molecule has 0 bridgehead atoms. The molecule has 0 aliphatic rings. The summed E-state index contributed by atoms with van der Waals surface area (Å²) >= 11 is 0. The van der Waals surface area contributed by atoms with E-state index in [1.165, 1.54) is 18.9 Å². The standard InChI is InChI=1S/C16H20N4O4/c1-5-20-14(15(17)21)13(9(2)19-20)18-16(22)10-6-7-11(23-3)12(8-10)24-4/h6-8H,5H2,1-4H3,(H2,17,21)(H,18,22). The number of benzene rings is 1. The molecule has 0 spiro atoms. The van der Waals surface area contributed by atoms with E-state index >= 15 is 0 Å². The zero-order chi connectivity index (χ0) is 17.9. The molecule has 3 N–H and O–H groups in total. The van der Waals surface area contributed by atoms with Gasteiger partial charge in [0, 0.05) is 12.1 Å². The van der Waals surface area contributed by atoms with Gasteiger partial charge >= 0.3 is 0 Å². The number of nitrogens with zero attached hydrogens (tertiary/aromatic N) is 2. The van der Waals surface area contributed by atoms with E-state index in [0.717, 1.165) is 0 Å². The maximum absolute atomic E-state index is 12.5. The largest absolute Gasteiger partial charge is 0.493 e. The second-order valence-corrected chi connectivity index (χ2v) is 5.01. The van der Waals surface area contributed by atoms with Crippen LogP contribution >= 0.6 is 0 Å². The van der Waals surface area contributed by atoms with Gasteiger partial charge < -0.3 is 20.5 Å². The molecule has 0 saturated heterocycles. The number of carbonyl (C=O) groups is 2. The van der Waals surface area contributed by atoms with Crippen molar-refractivity contribution in [3.8, 4) is 11.5 Å². The highest BCUT2D eigenvalue weighted by molar-refractivity contribution is 6.08. The van der Waals surface area contributed by atoms with Crippen LogP contribution in [0.5, 0.6) is 11.5 Å². The van der Waals surface area contributed by atoms with Gasteiger partial charge in [-0.1, -0.05) is 0 Å². The number of nitrogens with two attached hydrogens (primary N) is 1. The van der Waals surface area contributed by atoms with E-state index in [9.17, 15) is 9.59 Å². The van der Waals surface area contributed by atoms with Gasteiger partial charge in [-0.25, -0.2) is 0 Å². The average molecular weight is 332 g/mol. The second-order valence-electron chi connectivity index (χ2n) is 5.01. The summed E-state index contributed by atoms with van der Waals surface area (Å²) in [6.07, 6.45) is 0. The van der Waals surface area contributed by atoms with Crippen molar-refractivity contribution in [1.82, 2.24) is 9.78 Å². The normalized spacial score (nSPS) is 10.3. The SMILES string of the molecule is CCn1nc(C)c(NC(=O)c2ccc(OC)c(OC)c2)c1C(N)=O. The van der Waals surface area contributed by atoms with Crippen LogP contribution in [-0.2, 0) is 6.54 Å². The first-order valence-corrected chi connectivity index (χ1v) is 7.33. The molecule has 0 fully saturated rings. The minimum absolute atomic E-state index is 0.170. The zero-order valence-electron chi connectivity index (χ0n) is 14.0. The molecule has 1 aromatic carbocycles.